The predicted molar refractivity (Wildman–Crippen MR) is 82.4 cm³/mol. The molecule has 2 aliphatic rings. The Morgan fingerprint density at radius 1 is 1.40 bits per heavy atom. The van der Waals surface area contributed by atoms with Crippen LogP contribution in [0.25, 0.3) is 0 Å². The zero-order valence-corrected chi connectivity index (χ0v) is 13.7. The van der Waals surface area contributed by atoms with Crippen LogP contribution in [0, 0.1) is 5.92 Å². The van der Waals surface area contributed by atoms with E-state index in [-0.39, 0.29) is 11.7 Å². The molecule has 1 fully saturated rings. The van der Waals surface area contributed by atoms with Gasteiger partial charge in [0, 0.05) is 37.1 Å². The Kier molecular flexibility index (Phi) is 3.92. The van der Waals surface area contributed by atoms with Crippen LogP contribution in [0.4, 0.5) is 0 Å². The molecule has 112 valence electrons. The lowest BCUT2D eigenvalue weighted by Crippen LogP contribution is -2.61. The minimum atomic E-state index is -3.04. The molecule has 0 unspecified atom stereocenters. The summed E-state index contributed by atoms with van der Waals surface area (Å²) in [6.07, 6.45) is 1.11. The van der Waals surface area contributed by atoms with E-state index in [1.807, 2.05) is 25.2 Å². The molecule has 2 aliphatic heterocycles. The first-order valence-electron chi connectivity index (χ1n) is 7.23. The molecule has 0 amide bonds. The molecule has 20 heavy (non-hydrogen) atoms. The van der Waals surface area contributed by atoms with Crippen molar-refractivity contribution >= 4 is 21.4 Å². The Bertz CT molecular complexity index is 574. The van der Waals surface area contributed by atoms with Crippen molar-refractivity contribution in [3.05, 3.63) is 21.9 Å². The van der Waals surface area contributed by atoms with Crippen LogP contribution in [-0.4, -0.2) is 49.1 Å². The van der Waals surface area contributed by atoms with Gasteiger partial charge in [-0.15, -0.1) is 11.3 Å². The van der Waals surface area contributed by atoms with Gasteiger partial charge in [-0.3, -0.25) is 4.90 Å². The lowest BCUT2D eigenvalue weighted by molar-refractivity contribution is 0.0773. The Hall–Kier alpha value is -0.430. The Labute approximate surface area is 125 Å². The van der Waals surface area contributed by atoms with Crippen LogP contribution in [0.2, 0.25) is 0 Å². The molecular formula is C14H22N2O2S2. The molecule has 6 heteroatoms. The van der Waals surface area contributed by atoms with Crippen molar-refractivity contribution in [3.8, 4) is 0 Å². The zero-order valence-electron chi connectivity index (χ0n) is 12.1. The van der Waals surface area contributed by atoms with Gasteiger partial charge in [0.05, 0.1) is 5.75 Å². The molecular weight excluding hydrogens is 292 g/mol. The molecule has 0 N–H and O–H groups in total. The molecule has 0 aliphatic carbocycles. The smallest absolute Gasteiger partial charge is 0.214 e. The summed E-state index contributed by atoms with van der Waals surface area (Å²) in [6.45, 7) is 7.32. The first-order valence-corrected chi connectivity index (χ1v) is 9.71. The van der Waals surface area contributed by atoms with Crippen LogP contribution in [-0.2, 0) is 23.0 Å². The summed E-state index contributed by atoms with van der Waals surface area (Å²) in [5, 5.41) is 2.16. The Balaban J connectivity index is 1.56. The summed E-state index contributed by atoms with van der Waals surface area (Å²) in [7, 11) is -3.04. The third-order valence-corrected chi connectivity index (χ3v) is 7.32. The number of thiophene rings is 1. The summed E-state index contributed by atoms with van der Waals surface area (Å²) in [4.78, 5) is 3.95. The van der Waals surface area contributed by atoms with Crippen molar-refractivity contribution in [2.45, 2.75) is 32.9 Å². The van der Waals surface area contributed by atoms with E-state index in [2.05, 4.69) is 16.3 Å². The highest BCUT2D eigenvalue weighted by Gasteiger charge is 2.39. The lowest BCUT2D eigenvalue weighted by atomic mass is 10.0. The summed E-state index contributed by atoms with van der Waals surface area (Å²) < 4.78 is 25.9. The zero-order chi connectivity index (χ0) is 14.3. The maximum absolute atomic E-state index is 12.1. The molecule has 1 aromatic rings. The second-order valence-electron chi connectivity index (χ2n) is 6.23. The number of sulfonamides is 1. The second-order valence-corrected chi connectivity index (χ2v) is 9.25. The fourth-order valence-electron chi connectivity index (χ4n) is 2.98. The fraction of sp³-hybridized carbons (Fsp3) is 0.714. The maximum atomic E-state index is 12.1. The van der Waals surface area contributed by atoms with Crippen LogP contribution < -0.4 is 0 Å². The summed E-state index contributed by atoms with van der Waals surface area (Å²) in [6, 6.07) is 2.61. The molecule has 1 aromatic heterocycles. The van der Waals surface area contributed by atoms with Crippen molar-refractivity contribution < 1.29 is 8.42 Å². The van der Waals surface area contributed by atoms with Crippen molar-refractivity contribution in [1.82, 2.24) is 9.21 Å². The van der Waals surface area contributed by atoms with Crippen molar-refractivity contribution in [3.63, 3.8) is 0 Å². The van der Waals surface area contributed by atoms with Gasteiger partial charge in [-0.2, -0.15) is 4.31 Å². The van der Waals surface area contributed by atoms with Gasteiger partial charge in [0.25, 0.3) is 0 Å². The molecule has 3 heterocycles. The molecule has 0 atom stereocenters. The minimum Gasteiger partial charge on any atom is -0.293 e. The second kappa shape index (κ2) is 5.40. The van der Waals surface area contributed by atoms with Crippen LogP contribution in [0.15, 0.2) is 11.4 Å². The largest absolute Gasteiger partial charge is 0.293 e. The van der Waals surface area contributed by atoms with Gasteiger partial charge in [-0.1, -0.05) is 13.8 Å². The van der Waals surface area contributed by atoms with Gasteiger partial charge < -0.3 is 0 Å². The molecule has 0 spiro atoms. The number of hydrogen-bond donors (Lipinski definition) is 0. The summed E-state index contributed by atoms with van der Waals surface area (Å²) in [5.41, 5.74) is 1.43. The highest BCUT2D eigenvalue weighted by molar-refractivity contribution is 7.89. The Morgan fingerprint density at radius 3 is 2.85 bits per heavy atom. The van der Waals surface area contributed by atoms with Gasteiger partial charge in [0.2, 0.25) is 10.0 Å². The maximum Gasteiger partial charge on any atom is 0.214 e. The van der Waals surface area contributed by atoms with Gasteiger partial charge in [-0.25, -0.2) is 8.42 Å². The van der Waals surface area contributed by atoms with Gasteiger partial charge >= 0.3 is 0 Å². The van der Waals surface area contributed by atoms with Gasteiger partial charge in [0.1, 0.15) is 0 Å². The number of hydrogen-bond acceptors (Lipinski definition) is 4. The van der Waals surface area contributed by atoms with E-state index < -0.39 is 10.0 Å². The van der Waals surface area contributed by atoms with Crippen LogP contribution in [0.5, 0.6) is 0 Å². The standard InChI is InChI=1S/C14H22N2O2S2/c1-11(2)10-20(17,18)16-8-13(9-16)15-5-3-14-12(7-15)4-6-19-14/h4,6,11,13H,3,5,7-10H2,1-2H3. The van der Waals surface area contributed by atoms with E-state index in [1.54, 1.807) is 4.31 Å². The molecule has 3 rings (SSSR count). The average molecular weight is 314 g/mol. The minimum absolute atomic E-state index is 0.197. The number of fused-ring (bicyclic) bond motifs is 1. The average Bonchev–Trinajstić information content (AvgIpc) is 2.71. The number of rotatable bonds is 4. The highest BCUT2D eigenvalue weighted by Crippen LogP contribution is 2.28. The first-order chi connectivity index (χ1) is 9.45. The predicted octanol–water partition coefficient (Wildman–Crippen LogP) is 1.78. The molecule has 0 radical (unpaired) electrons. The fourth-order valence-corrected chi connectivity index (χ4v) is 5.72. The van der Waals surface area contributed by atoms with Crippen LogP contribution >= 0.6 is 11.3 Å². The van der Waals surface area contributed by atoms with Crippen LogP contribution in [0.3, 0.4) is 0 Å². The SMILES string of the molecule is CC(C)CS(=O)(=O)N1CC(N2CCc3sccc3C2)C1. The molecule has 4 nitrogen and oxygen atoms in total. The van der Waals surface area contributed by atoms with Crippen molar-refractivity contribution in [2.75, 3.05) is 25.4 Å². The van der Waals surface area contributed by atoms with Crippen LogP contribution in [0.1, 0.15) is 24.3 Å². The molecule has 0 aromatic carbocycles. The highest BCUT2D eigenvalue weighted by atomic mass is 32.2. The van der Waals surface area contributed by atoms with E-state index >= 15 is 0 Å². The quantitative estimate of drug-likeness (QED) is 0.850. The lowest BCUT2D eigenvalue weighted by Gasteiger charge is -2.45. The molecule has 0 bridgehead atoms. The van der Waals surface area contributed by atoms with Crippen molar-refractivity contribution in [1.29, 1.82) is 0 Å². The normalized spacial score (nSPS) is 21.9. The summed E-state index contributed by atoms with van der Waals surface area (Å²) >= 11 is 1.84. The van der Waals surface area contributed by atoms with E-state index in [9.17, 15) is 8.42 Å². The van der Waals surface area contributed by atoms with E-state index in [4.69, 9.17) is 0 Å². The van der Waals surface area contributed by atoms with E-state index in [1.165, 1.54) is 10.4 Å². The van der Waals surface area contributed by atoms with E-state index in [0.29, 0.717) is 19.1 Å². The molecule has 0 saturated carbocycles. The topological polar surface area (TPSA) is 40.6 Å². The third-order valence-electron chi connectivity index (χ3n) is 4.12. The monoisotopic (exact) mass is 314 g/mol. The number of nitrogens with zero attached hydrogens (tertiary/aromatic N) is 2. The molecule has 1 saturated heterocycles. The van der Waals surface area contributed by atoms with Gasteiger partial charge in [-0.05, 0) is 29.3 Å². The Morgan fingerprint density at radius 2 is 2.15 bits per heavy atom. The summed E-state index contributed by atoms with van der Waals surface area (Å²) in [5.74, 6) is 0.469. The van der Waals surface area contributed by atoms with Crippen molar-refractivity contribution in [2.24, 2.45) is 5.92 Å². The van der Waals surface area contributed by atoms with Gasteiger partial charge in [0.15, 0.2) is 0 Å². The first kappa shape index (κ1) is 14.5. The third kappa shape index (κ3) is 2.79. The van der Waals surface area contributed by atoms with E-state index in [0.717, 1.165) is 19.5 Å².